The topological polar surface area (TPSA) is 52.0 Å². The lowest BCUT2D eigenvalue weighted by Gasteiger charge is -2.17. The monoisotopic (exact) mass is 210 g/mol. The number of nitrogens with zero attached hydrogens (tertiary/aromatic N) is 4. The van der Waals surface area contributed by atoms with Crippen molar-refractivity contribution in [1.82, 2.24) is 0 Å². The molecular weight excluding hydrogens is 200 g/mol. The van der Waals surface area contributed by atoms with E-state index in [2.05, 4.69) is 10.0 Å². The molecule has 1 aromatic carbocycles. The second-order valence-corrected chi connectivity index (χ2v) is 3.43. The highest BCUT2D eigenvalue weighted by Crippen LogP contribution is 2.26. The Hall–Kier alpha value is -1.38. The molecule has 0 bridgehead atoms. The van der Waals surface area contributed by atoms with Gasteiger partial charge in [0.15, 0.2) is 0 Å². The highest BCUT2D eigenvalue weighted by Gasteiger charge is 2.06. The van der Waals surface area contributed by atoms with Crippen LogP contribution in [-0.4, -0.2) is 14.1 Å². The molecule has 0 N–H and O–H groups in total. The molecule has 0 aliphatic carbocycles. The van der Waals surface area contributed by atoms with Crippen LogP contribution in [-0.2, 0) is 6.54 Å². The molecule has 74 valence electrons. The standard InChI is InChI=1S/C9H11ClN4/c1-14(2)9-5-3-4-8(10)7(9)6-12-13-11/h3-5H,6H2,1-2H3. The molecule has 0 radical (unpaired) electrons. The fourth-order valence-corrected chi connectivity index (χ4v) is 1.45. The quantitative estimate of drug-likeness (QED) is 0.429. The van der Waals surface area contributed by atoms with E-state index in [1.165, 1.54) is 0 Å². The zero-order valence-electron chi connectivity index (χ0n) is 8.11. The summed E-state index contributed by atoms with van der Waals surface area (Å²) in [5.41, 5.74) is 10.1. The molecule has 0 aromatic heterocycles. The first kappa shape index (κ1) is 10.7. The third-order valence-electron chi connectivity index (χ3n) is 1.87. The van der Waals surface area contributed by atoms with Crippen molar-refractivity contribution < 1.29 is 0 Å². The Morgan fingerprint density at radius 2 is 2.21 bits per heavy atom. The van der Waals surface area contributed by atoms with Crippen LogP contribution in [0.15, 0.2) is 23.3 Å². The minimum absolute atomic E-state index is 0.281. The molecule has 14 heavy (non-hydrogen) atoms. The van der Waals surface area contributed by atoms with E-state index in [9.17, 15) is 0 Å². The number of azide groups is 1. The molecule has 0 saturated heterocycles. The van der Waals surface area contributed by atoms with Crippen LogP contribution in [0.2, 0.25) is 5.02 Å². The van der Waals surface area contributed by atoms with E-state index in [1.807, 2.05) is 31.1 Å². The number of rotatable bonds is 3. The van der Waals surface area contributed by atoms with Gasteiger partial charge in [-0.3, -0.25) is 0 Å². The van der Waals surface area contributed by atoms with Crippen molar-refractivity contribution >= 4 is 17.3 Å². The van der Waals surface area contributed by atoms with Gasteiger partial charge in [0.1, 0.15) is 0 Å². The van der Waals surface area contributed by atoms with Crippen LogP contribution in [0.3, 0.4) is 0 Å². The van der Waals surface area contributed by atoms with Gasteiger partial charge in [0.2, 0.25) is 0 Å². The maximum Gasteiger partial charge on any atom is 0.0546 e. The van der Waals surface area contributed by atoms with Gasteiger partial charge < -0.3 is 4.90 Å². The summed E-state index contributed by atoms with van der Waals surface area (Å²) in [6.45, 7) is 0.281. The Morgan fingerprint density at radius 3 is 2.79 bits per heavy atom. The fraction of sp³-hybridized carbons (Fsp3) is 0.333. The molecule has 0 atom stereocenters. The first-order chi connectivity index (χ1) is 6.66. The summed E-state index contributed by atoms with van der Waals surface area (Å²) in [5, 5.41) is 4.14. The van der Waals surface area contributed by atoms with Crippen LogP contribution in [0.25, 0.3) is 10.4 Å². The number of hydrogen-bond acceptors (Lipinski definition) is 2. The third kappa shape index (κ3) is 2.31. The lowest BCUT2D eigenvalue weighted by Crippen LogP contribution is -2.11. The summed E-state index contributed by atoms with van der Waals surface area (Å²) in [6.07, 6.45) is 0. The van der Waals surface area contributed by atoms with E-state index < -0.39 is 0 Å². The molecule has 1 aromatic rings. The first-order valence-electron chi connectivity index (χ1n) is 4.12. The van der Waals surface area contributed by atoms with Crippen LogP contribution < -0.4 is 4.90 Å². The van der Waals surface area contributed by atoms with Crippen molar-refractivity contribution in [2.75, 3.05) is 19.0 Å². The van der Waals surface area contributed by atoms with Crippen LogP contribution in [0.5, 0.6) is 0 Å². The van der Waals surface area contributed by atoms with E-state index >= 15 is 0 Å². The van der Waals surface area contributed by atoms with Gasteiger partial charge in [-0.25, -0.2) is 0 Å². The fourth-order valence-electron chi connectivity index (χ4n) is 1.23. The van der Waals surface area contributed by atoms with Crippen molar-refractivity contribution in [3.8, 4) is 0 Å². The molecule has 0 heterocycles. The largest absolute Gasteiger partial charge is 0.377 e. The minimum atomic E-state index is 0.281. The smallest absolute Gasteiger partial charge is 0.0546 e. The molecule has 0 fully saturated rings. The molecule has 0 aliphatic heterocycles. The molecule has 5 heteroatoms. The molecule has 4 nitrogen and oxygen atoms in total. The third-order valence-corrected chi connectivity index (χ3v) is 2.22. The van der Waals surface area contributed by atoms with Crippen molar-refractivity contribution in [1.29, 1.82) is 0 Å². The first-order valence-corrected chi connectivity index (χ1v) is 4.50. The average molecular weight is 211 g/mol. The number of benzene rings is 1. The van der Waals surface area contributed by atoms with Gasteiger partial charge >= 0.3 is 0 Å². The van der Waals surface area contributed by atoms with Crippen LogP contribution in [0, 0.1) is 0 Å². The molecular formula is C9H11ClN4. The SMILES string of the molecule is CN(C)c1cccc(Cl)c1CN=[N+]=[N-]. The van der Waals surface area contributed by atoms with Gasteiger partial charge in [-0.2, -0.15) is 0 Å². The van der Waals surface area contributed by atoms with E-state index in [4.69, 9.17) is 17.1 Å². The number of anilines is 1. The highest BCUT2D eigenvalue weighted by atomic mass is 35.5. The normalized spacial score (nSPS) is 9.36. The zero-order chi connectivity index (χ0) is 10.6. The summed E-state index contributed by atoms with van der Waals surface area (Å²) in [4.78, 5) is 4.66. The van der Waals surface area contributed by atoms with Crippen molar-refractivity contribution in [3.63, 3.8) is 0 Å². The summed E-state index contributed by atoms with van der Waals surface area (Å²) in [5.74, 6) is 0. The highest BCUT2D eigenvalue weighted by molar-refractivity contribution is 6.31. The van der Waals surface area contributed by atoms with Crippen molar-refractivity contribution in [2.45, 2.75) is 6.54 Å². The van der Waals surface area contributed by atoms with E-state index in [1.54, 1.807) is 6.07 Å². The van der Waals surface area contributed by atoms with Gasteiger partial charge in [0, 0.05) is 29.7 Å². The molecule has 0 saturated carbocycles. The van der Waals surface area contributed by atoms with Crippen LogP contribution in [0.4, 0.5) is 5.69 Å². The molecule has 0 amide bonds. The minimum Gasteiger partial charge on any atom is -0.377 e. The Balaban J connectivity index is 3.14. The average Bonchev–Trinajstić information content (AvgIpc) is 2.15. The van der Waals surface area contributed by atoms with E-state index in [0.717, 1.165) is 11.3 Å². The second-order valence-electron chi connectivity index (χ2n) is 3.02. The Morgan fingerprint density at radius 1 is 1.50 bits per heavy atom. The Bertz CT molecular complexity index is 369. The van der Waals surface area contributed by atoms with Gasteiger partial charge in [0.25, 0.3) is 0 Å². The summed E-state index contributed by atoms with van der Waals surface area (Å²) in [7, 11) is 3.84. The maximum atomic E-state index is 8.25. The summed E-state index contributed by atoms with van der Waals surface area (Å²) in [6, 6.07) is 5.60. The predicted molar refractivity (Wildman–Crippen MR) is 58.6 cm³/mol. The van der Waals surface area contributed by atoms with E-state index in [-0.39, 0.29) is 6.54 Å². The summed E-state index contributed by atoms with van der Waals surface area (Å²) >= 11 is 6.00. The predicted octanol–water partition coefficient (Wildman–Crippen LogP) is 3.22. The lowest BCUT2D eigenvalue weighted by atomic mass is 10.1. The molecule has 1 rings (SSSR count). The molecule has 0 spiro atoms. The van der Waals surface area contributed by atoms with Crippen molar-refractivity contribution in [2.24, 2.45) is 5.11 Å². The summed E-state index contributed by atoms with van der Waals surface area (Å²) < 4.78 is 0. The lowest BCUT2D eigenvalue weighted by molar-refractivity contribution is 1.01. The zero-order valence-corrected chi connectivity index (χ0v) is 8.86. The van der Waals surface area contributed by atoms with Crippen molar-refractivity contribution in [3.05, 3.63) is 39.2 Å². The Labute approximate surface area is 87.7 Å². The van der Waals surface area contributed by atoms with Gasteiger partial charge in [-0.15, -0.1) is 0 Å². The van der Waals surface area contributed by atoms with Gasteiger partial charge in [0.05, 0.1) is 6.54 Å². The van der Waals surface area contributed by atoms with Crippen LogP contribution >= 0.6 is 11.6 Å². The van der Waals surface area contributed by atoms with Gasteiger partial charge in [-0.05, 0) is 23.2 Å². The van der Waals surface area contributed by atoms with E-state index in [0.29, 0.717) is 5.02 Å². The van der Waals surface area contributed by atoms with Gasteiger partial charge in [-0.1, -0.05) is 22.8 Å². The molecule has 0 unspecified atom stereocenters. The second kappa shape index (κ2) is 4.74. The number of hydrogen-bond donors (Lipinski definition) is 0. The Kier molecular flexibility index (Phi) is 3.63. The maximum absolute atomic E-state index is 8.25. The van der Waals surface area contributed by atoms with Crippen LogP contribution in [0.1, 0.15) is 5.56 Å². The number of halogens is 1. The molecule has 0 aliphatic rings.